The molecule has 2 rings (SSSR count). The molecule has 23 heavy (non-hydrogen) atoms. The van der Waals surface area contributed by atoms with Crippen LogP contribution in [0.4, 0.5) is 0 Å². The van der Waals surface area contributed by atoms with Crippen molar-refractivity contribution in [1.29, 1.82) is 0 Å². The van der Waals surface area contributed by atoms with Crippen molar-refractivity contribution in [2.24, 2.45) is 11.3 Å². The number of hydrogen-bond acceptors (Lipinski definition) is 3. The minimum absolute atomic E-state index is 0.00767. The Labute approximate surface area is 139 Å². The third kappa shape index (κ3) is 3.06. The van der Waals surface area contributed by atoms with Crippen LogP contribution in [0.1, 0.15) is 69.8 Å². The first-order valence-corrected chi connectivity index (χ1v) is 8.54. The number of carbonyl (C=O) groups is 2. The number of ether oxygens (including phenoxy) is 1. The van der Waals surface area contributed by atoms with Crippen molar-refractivity contribution in [1.82, 2.24) is 0 Å². The van der Waals surface area contributed by atoms with Gasteiger partial charge in [-0.1, -0.05) is 46.8 Å². The summed E-state index contributed by atoms with van der Waals surface area (Å²) in [6.07, 6.45) is 2.32. The Morgan fingerprint density at radius 1 is 1.30 bits per heavy atom. The Hall–Kier alpha value is -1.64. The van der Waals surface area contributed by atoms with E-state index < -0.39 is 0 Å². The van der Waals surface area contributed by atoms with Crippen LogP contribution in [0.15, 0.2) is 24.3 Å². The maximum absolute atomic E-state index is 12.3. The molecular formula is C20H28O3. The fourth-order valence-corrected chi connectivity index (χ4v) is 3.71. The number of Topliss-reactive ketones (excluding diaryl/α,β-unsaturated/α-hetero) is 1. The van der Waals surface area contributed by atoms with Crippen LogP contribution >= 0.6 is 0 Å². The first-order chi connectivity index (χ1) is 10.7. The Kier molecular flexibility index (Phi) is 4.98. The molecule has 1 saturated carbocycles. The molecule has 0 bridgehead atoms. The van der Waals surface area contributed by atoms with Crippen LogP contribution in [-0.2, 0) is 14.9 Å². The molecule has 0 aromatic heterocycles. The molecule has 3 heteroatoms. The SMILES string of the molecule is CCCOC(=O)c1cccc(C2(C)C(C)C(=O)CCC2(C)C)c1. The van der Waals surface area contributed by atoms with Crippen molar-refractivity contribution >= 4 is 11.8 Å². The largest absolute Gasteiger partial charge is 0.462 e. The molecule has 0 saturated heterocycles. The van der Waals surface area contributed by atoms with Crippen LogP contribution in [0, 0.1) is 11.3 Å². The third-order valence-electron chi connectivity index (χ3n) is 5.89. The van der Waals surface area contributed by atoms with Gasteiger partial charge in [0, 0.05) is 17.8 Å². The van der Waals surface area contributed by atoms with Gasteiger partial charge in [-0.3, -0.25) is 4.79 Å². The summed E-state index contributed by atoms with van der Waals surface area (Å²) in [4.78, 5) is 24.5. The van der Waals surface area contributed by atoms with Gasteiger partial charge in [-0.2, -0.15) is 0 Å². The summed E-state index contributed by atoms with van der Waals surface area (Å²) < 4.78 is 5.25. The second-order valence-corrected chi connectivity index (χ2v) is 7.49. The molecule has 0 spiro atoms. The predicted octanol–water partition coefficient (Wildman–Crippen LogP) is 4.54. The minimum atomic E-state index is -0.288. The van der Waals surface area contributed by atoms with E-state index in [1.165, 1.54) is 0 Å². The molecule has 1 aromatic rings. The zero-order chi connectivity index (χ0) is 17.3. The van der Waals surface area contributed by atoms with E-state index in [1.54, 1.807) is 6.07 Å². The third-order valence-corrected chi connectivity index (χ3v) is 5.89. The van der Waals surface area contributed by atoms with Crippen LogP contribution in [0.5, 0.6) is 0 Å². The van der Waals surface area contributed by atoms with Crippen molar-refractivity contribution in [3.8, 4) is 0 Å². The molecule has 2 atom stereocenters. The van der Waals surface area contributed by atoms with Crippen LogP contribution in [-0.4, -0.2) is 18.4 Å². The molecular weight excluding hydrogens is 288 g/mol. The van der Waals surface area contributed by atoms with Crippen molar-refractivity contribution < 1.29 is 14.3 Å². The highest BCUT2D eigenvalue weighted by Gasteiger charge is 2.51. The highest BCUT2D eigenvalue weighted by atomic mass is 16.5. The number of rotatable bonds is 4. The van der Waals surface area contributed by atoms with Crippen LogP contribution < -0.4 is 0 Å². The summed E-state index contributed by atoms with van der Waals surface area (Å²) in [5, 5.41) is 0. The first-order valence-electron chi connectivity index (χ1n) is 8.54. The molecule has 0 heterocycles. The van der Waals surface area contributed by atoms with Gasteiger partial charge >= 0.3 is 5.97 Å². The standard InChI is InChI=1S/C20H28O3/c1-6-12-23-18(22)15-8-7-9-16(13-15)20(5)14(2)17(21)10-11-19(20,3)4/h7-9,13-14H,6,10-12H2,1-5H3. The van der Waals surface area contributed by atoms with Gasteiger partial charge in [0.15, 0.2) is 0 Å². The van der Waals surface area contributed by atoms with E-state index in [0.29, 0.717) is 24.4 Å². The number of hydrogen-bond donors (Lipinski definition) is 0. The lowest BCUT2D eigenvalue weighted by Crippen LogP contribution is -2.51. The van der Waals surface area contributed by atoms with Crippen molar-refractivity contribution in [3.05, 3.63) is 35.4 Å². The predicted molar refractivity (Wildman–Crippen MR) is 91.6 cm³/mol. The van der Waals surface area contributed by atoms with Gasteiger partial charge in [0.25, 0.3) is 0 Å². The zero-order valence-electron chi connectivity index (χ0n) is 14.9. The van der Waals surface area contributed by atoms with Gasteiger partial charge in [0.1, 0.15) is 5.78 Å². The quantitative estimate of drug-likeness (QED) is 0.766. The first kappa shape index (κ1) is 17.7. The smallest absolute Gasteiger partial charge is 0.338 e. The highest BCUT2D eigenvalue weighted by Crippen LogP contribution is 2.53. The molecule has 0 amide bonds. The van der Waals surface area contributed by atoms with Crippen LogP contribution in [0.2, 0.25) is 0 Å². The van der Waals surface area contributed by atoms with Gasteiger partial charge in [-0.05, 0) is 36.0 Å². The Morgan fingerprint density at radius 2 is 2.00 bits per heavy atom. The summed E-state index contributed by atoms with van der Waals surface area (Å²) in [6.45, 7) is 11.0. The van der Waals surface area contributed by atoms with Gasteiger partial charge in [-0.25, -0.2) is 4.79 Å². The van der Waals surface area contributed by atoms with E-state index in [0.717, 1.165) is 18.4 Å². The fourth-order valence-electron chi connectivity index (χ4n) is 3.71. The lowest BCUT2D eigenvalue weighted by Gasteiger charge is -2.52. The molecule has 126 valence electrons. The Balaban J connectivity index is 2.43. The van der Waals surface area contributed by atoms with Crippen LogP contribution in [0.3, 0.4) is 0 Å². The number of benzene rings is 1. The summed E-state index contributed by atoms with van der Waals surface area (Å²) in [5.74, 6) is -0.0381. The average molecular weight is 316 g/mol. The molecule has 3 nitrogen and oxygen atoms in total. The highest BCUT2D eigenvalue weighted by molar-refractivity contribution is 5.90. The van der Waals surface area contributed by atoms with Gasteiger partial charge in [0.05, 0.1) is 12.2 Å². The van der Waals surface area contributed by atoms with Gasteiger partial charge in [-0.15, -0.1) is 0 Å². The normalized spacial score (nSPS) is 26.8. The molecule has 0 radical (unpaired) electrons. The van der Waals surface area contributed by atoms with E-state index in [-0.39, 0.29) is 22.7 Å². The van der Waals surface area contributed by atoms with E-state index >= 15 is 0 Å². The average Bonchev–Trinajstić information content (AvgIpc) is 2.54. The molecule has 1 fully saturated rings. The van der Waals surface area contributed by atoms with E-state index in [2.05, 4.69) is 20.8 Å². The monoisotopic (exact) mass is 316 g/mol. The maximum Gasteiger partial charge on any atom is 0.338 e. The van der Waals surface area contributed by atoms with E-state index in [9.17, 15) is 9.59 Å². The summed E-state index contributed by atoms with van der Waals surface area (Å²) in [7, 11) is 0. The Bertz CT molecular complexity index is 603. The summed E-state index contributed by atoms with van der Waals surface area (Å²) in [5.41, 5.74) is 1.32. The fraction of sp³-hybridized carbons (Fsp3) is 0.600. The molecule has 0 aliphatic heterocycles. The summed E-state index contributed by atoms with van der Waals surface area (Å²) in [6, 6.07) is 7.63. The molecule has 1 aliphatic rings. The van der Waals surface area contributed by atoms with E-state index in [4.69, 9.17) is 4.74 Å². The number of ketones is 1. The lowest BCUT2D eigenvalue weighted by atomic mass is 9.51. The molecule has 1 aromatic carbocycles. The zero-order valence-corrected chi connectivity index (χ0v) is 14.9. The van der Waals surface area contributed by atoms with Crippen molar-refractivity contribution in [2.45, 2.75) is 59.3 Å². The van der Waals surface area contributed by atoms with E-state index in [1.807, 2.05) is 32.0 Å². The molecule has 1 aliphatic carbocycles. The second-order valence-electron chi connectivity index (χ2n) is 7.49. The maximum atomic E-state index is 12.3. The topological polar surface area (TPSA) is 43.4 Å². The minimum Gasteiger partial charge on any atom is -0.462 e. The molecule has 0 N–H and O–H groups in total. The van der Waals surface area contributed by atoms with Crippen molar-refractivity contribution in [3.63, 3.8) is 0 Å². The second kappa shape index (κ2) is 6.46. The number of esters is 1. The van der Waals surface area contributed by atoms with Crippen molar-refractivity contribution in [2.75, 3.05) is 6.61 Å². The van der Waals surface area contributed by atoms with Crippen LogP contribution in [0.25, 0.3) is 0 Å². The Morgan fingerprint density at radius 3 is 2.65 bits per heavy atom. The molecule has 2 unspecified atom stereocenters. The summed E-state index contributed by atoms with van der Waals surface area (Å²) >= 11 is 0. The number of carbonyl (C=O) groups excluding carboxylic acids is 2. The van der Waals surface area contributed by atoms with Gasteiger partial charge in [0.2, 0.25) is 0 Å². The lowest BCUT2D eigenvalue weighted by molar-refractivity contribution is -0.131. The van der Waals surface area contributed by atoms with Gasteiger partial charge < -0.3 is 4.74 Å².